The lowest BCUT2D eigenvalue weighted by molar-refractivity contribution is -0.121. The molecule has 0 saturated heterocycles. The largest absolute Gasteiger partial charge is 0.355 e. The number of hydrogen-bond donors (Lipinski definition) is 2. The van der Waals surface area contributed by atoms with Gasteiger partial charge in [-0.2, -0.15) is 0 Å². The van der Waals surface area contributed by atoms with Crippen molar-refractivity contribution in [1.82, 2.24) is 20.2 Å². The molecular weight excluding hydrogens is 376 g/mol. The first kappa shape index (κ1) is 19.9. The maximum atomic E-state index is 12.6. The zero-order valence-corrected chi connectivity index (χ0v) is 16.7. The van der Waals surface area contributed by atoms with E-state index < -0.39 is 6.04 Å². The van der Waals surface area contributed by atoms with E-state index in [1.807, 2.05) is 42.7 Å². The molecule has 1 heterocycles. The highest BCUT2D eigenvalue weighted by atomic mass is 35.5. The molecule has 0 spiro atoms. The van der Waals surface area contributed by atoms with Crippen LogP contribution >= 0.6 is 11.6 Å². The second kappa shape index (κ2) is 8.89. The van der Waals surface area contributed by atoms with Crippen molar-refractivity contribution < 1.29 is 9.59 Å². The molecule has 7 heteroatoms. The maximum Gasteiger partial charge on any atom is 0.253 e. The molecule has 0 bridgehead atoms. The third kappa shape index (κ3) is 4.34. The van der Waals surface area contributed by atoms with Crippen molar-refractivity contribution in [3.05, 3.63) is 64.9 Å². The summed E-state index contributed by atoms with van der Waals surface area (Å²) in [5, 5.41) is 6.20. The van der Waals surface area contributed by atoms with E-state index in [-0.39, 0.29) is 18.4 Å². The smallest absolute Gasteiger partial charge is 0.253 e. The number of imidazole rings is 1. The number of para-hydroxylation sites is 2. The minimum atomic E-state index is -0.407. The van der Waals surface area contributed by atoms with Crippen LogP contribution in [0.5, 0.6) is 0 Å². The van der Waals surface area contributed by atoms with E-state index >= 15 is 0 Å². The summed E-state index contributed by atoms with van der Waals surface area (Å²) >= 11 is 6.13. The van der Waals surface area contributed by atoms with Crippen molar-refractivity contribution >= 4 is 34.4 Å². The highest BCUT2D eigenvalue weighted by molar-refractivity contribution is 6.33. The van der Waals surface area contributed by atoms with Crippen LogP contribution in [0.3, 0.4) is 0 Å². The van der Waals surface area contributed by atoms with Gasteiger partial charge in [-0.3, -0.25) is 9.59 Å². The van der Waals surface area contributed by atoms with E-state index in [1.165, 1.54) is 0 Å². The molecule has 2 amide bonds. The molecule has 0 aliphatic heterocycles. The van der Waals surface area contributed by atoms with Crippen molar-refractivity contribution in [3.63, 3.8) is 0 Å². The number of rotatable bonds is 7. The number of aromatic nitrogens is 2. The van der Waals surface area contributed by atoms with Crippen LogP contribution in [0.4, 0.5) is 0 Å². The first-order valence-corrected chi connectivity index (χ1v) is 9.66. The van der Waals surface area contributed by atoms with Crippen molar-refractivity contribution in [3.8, 4) is 0 Å². The third-order valence-electron chi connectivity index (χ3n) is 4.41. The molecule has 6 nitrogen and oxygen atoms in total. The van der Waals surface area contributed by atoms with E-state index in [0.717, 1.165) is 17.5 Å². The van der Waals surface area contributed by atoms with Gasteiger partial charge in [0.05, 0.1) is 27.7 Å². The Morgan fingerprint density at radius 1 is 1.14 bits per heavy atom. The topological polar surface area (TPSA) is 76.0 Å². The summed E-state index contributed by atoms with van der Waals surface area (Å²) in [6.45, 7) is 4.61. The average molecular weight is 399 g/mol. The lowest BCUT2D eigenvalue weighted by atomic mass is 10.2. The second-order valence-electron chi connectivity index (χ2n) is 6.57. The minimum absolute atomic E-state index is 0.0871. The molecule has 0 aliphatic rings. The fourth-order valence-electron chi connectivity index (χ4n) is 3.04. The van der Waals surface area contributed by atoms with E-state index in [2.05, 4.69) is 15.6 Å². The summed E-state index contributed by atoms with van der Waals surface area (Å²) in [7, 11) is 0. The molecule has 0 aliphatic carbocycles. The van der Waals surface area contributed by atoms with Gasteiger partial charge in [0.15, 0.2) is 0 Å². The maximum absolute atomic E-state index is 12.6. The summed E-state index contributed by atoms with van der Waals surface area (Å²) in [5.74, 6) is 0.247. The molecule has 2 aromatic carbocycles. The summed E-state index contributed by atoms with van der Waals surface area (Å²) in [4.78, 5) is 29.6. The predicted octanol–water partition coefficient (Wildman–Crippen LogP) is 3.71. The summed E-state index contributed by atoms with van der Waals surface area (Å²) in [6.07, 6.45) is 0.869. The van der Waals surface area contributed by atoms with Crippen LogP contribution in [0.2, 0.25) is 5.02 Å². The van der Waals surface area contributed by atoms with Gasteiger partial charge in [-0.1, -0.05) is 42.8 Å². The Labute approximate surface area is 168 Å². The Kier molecular flexibility index (Phi) is 6.31. The van der Waals surface area contributed by atoms with E-state index in [9.17, 15) is 9.59 Å². The SMILES string of the molecule is CCCNC(=O)Cn1c(C(C)NC(=O)c2ccccc2Cl)nc2ccccc21. The second-order valence-corrected chi connectivity index (χ2v) is 6.98. The number of nitrogens with one attached hydrogen (secondary N) is 2. The number of benzene rings is 2. The Bertz CT molecular complexity index is 999. The van der Waals surface area contributed by atoms with Crippen LogP contribution in [0.15, 0.2) is 48.5 Å². The highest BCUT2D eigenvalue weighted by Crippen LogP contribution is 2.22. The zero-order valence-electron chi connectivity index (χ0n) is 15.9. The molecular formula is C21H23ClN4O2. The van der Waals surface area contributed by atoms with E-state index in [0.29, 0.717) is 23.0 Å². The number of fused-ring (bicyclic) bond motifs is 1. The zero-order chi connectivity index (χ0) is 20.1. The Hall–Kier alpha value is -2.86. The molecule has 3 rings (SSSR count). The van der Waals surface area contributed by atoms with Crippen LogP contribution < -0.4 is 10.6 Å². The normalized spacial score (nSPS) is 12.0. The van der Waals surface area contributed by atoms with Gasteiger partial charge >= 0.3 is 0 Å². The average Bonchev–Trinajstić information content (AvgIpc) is 3.05. The molecule has 3 aromatic rings. The molecule has 2 N–H and O–H groups in total. The van der Waals surface area contributed by atoms with Gasteiger partial charge in [0.25, 0.3) is 5.91 Å². The van der Waals surface area contributed by atoms with Crippen molar-refractivity contribution in [1.29, 1.82) is 0 Å². The Morgan fingerprint density at radius 2 is 1.86 bits per heavy atom. The van der Waals surface area contributed by atoms with Gasteiger partial charge in [-0.25, -0.2) is 4.98 Å². The van der Waals surface area contributed by atoms with Crippen LogP contribution in [0.25, 0.3) is 11.0 Å². The van der Waals surface area contributed by atoms with Gasteiger partial charge in [-0.05, 0) is 37.6 Å². The molecule has 0 radical (unpaired) electrons. The fourth-order valence-corrected chi connectivity index (χ4v) is 3.26. The molecule has 0 saturated carbocycles. The third-order valence-corrected chi connectivity index (χ3v) is 4.74. The Morgan fingerprint density at radius 3 is 2.61 bits per heavy atom. The van der Waals surface area contributed by atoms with E-state index in [4.69, 9.17) is 11.6 Å². The van der Waals surface area contributed by atoms with Crippen LogP contribution in [-0.4, -0.2) is 27.9 Å². The van der Waals surface area contributed by atoms with Crippen LogP contribution in [-0.2, 0) is 11.3 Å². The van der Waals surface area contributed by atoms with Gasteiger partial charge in [0.2, 0.25) is 5.91 Å². The minimum Gasteiger partial charge on any atom is -0.355 e. The van der Waals surface area contributed by atoms with Gasteiger partial charge in [0.1, 0.15) is 12.4 Å². The monoisotopic (exact) mass is 398 g/mol. The lowest BCUT2D eigenvalue weighted by Crippen LogP contribution is -2.32. The number of amides is 2. The molecule has 1 unspecified atom stereocenters. The molecule has 146 valence electrons. The number of carbonyl (C=O) groups excluding carboxylic acids is 2. The number of nitrogens with zero attached hydrogens (tertiary/aromatic N) is 2. The molecule has 1 atom stereocenters. The number of carbonyl (C=O) groups is 2. The van der Waals surface area contributed by atoms with Crippen molar-refractivity contribution in [2.24, 2.45) is 0 Å². The van der Waals surface area contributed by atoms with Gasteiger partial charge < -0.3 is 15.2 Å². The lowest BCUT2D eigenvalue weighted by Gasteiger charge is -2.16. The highest BCUT2D eigenvalue weighted by Gasteiger charge is 2.21. The molecule has 28 heavy (non-hydrogen) atoms. The predicted molar refractivity (Wildman–Crippen MR) is 110 cm³/mol. The fraction of sp³-hybridized carbons (Fsp3) is 0.286. The van der Waals surface area contributed by atoms with Gasteiger partial charge in [0, 0.05) is 6.54 Å². The summed E-state index contributed by atoms with van der Waals surface area (Å²) < 4.78 is 1.85. The van der Waals surface area contributed by atoms with Gasteiger partial charge in [-0.15, -0.1) is 0 Å². The molecule has 0 fully saturated rings. The van der Waals surface area contributed by atoms with Crippen molar-refractivity contribution in [2.75, 3.05) is 6.54 Å². The Balaban J connectivity index is 1.88. The van der Waals surface area contributed by atoms with Crippen molar-refractivity contribution in [2.45, 2.75) is 32.9 Å². The summed E-state index contributed by atoms with van der Waals surface area (Å²) in [6, 6.07) is 14.1. The standard InChI is InChI=1S/C21H23ClN4O2/c1-3-12-23-19(27)13-26-18-11-7-6-10-17(18)25-20(26)14(2)24-21(28)15-8-4-5-9-16(15)22/h4-11,14H,3,12-13H2,1-2H3,(H,23,27)(H,24,28). The quantitative estimate of drug-likeness (QED) is 0.637. The van der Waals surface area contributed by atoms with Crippen LogP contribution in [0.1, 0.15) is 42.5 Å². The van der Waals surface area contributed by atoms with E-state index in [1.54, 1.807) is 24.3 Å². The van der Waals surface area contributed by atoms with Crippen LogP contribution in [0, 0.1) is 0 Å². The number of hydrogen-bond acceptors (Lipinski definition) is 3. The molecule has 1 aromatic heterocycles. The number of halogens is 1. The first-order chi connectivity index (χ1) is 13.5. The summed E-state index contributed by atoms with van der Waals surface area (Å²) in [5.41, 5.74) is 2.03. The first-order valence-electron chi connectivity index (χ1n) is 9.28.